The van der Waals surface area contributed by atoms with Gasteiger partial charge in [-0.2, -0.15) is 0 Å². The highest BCUT2D eigenvalue weighted by Crippen LogP contribution is 2.25. The first kappa shape index (κ1) is 16.1. The van der Waals surface area contributed by atoms with Crippen molar-refractivity contribution in [1.29, 1.82) is 0 Å². The molecule has 4 nitrogen and oxygen atoms in total. The van der Waals surface area contributed by atoms with E-state index in [-0.39, 0.29) is 5.78 Å². The normalized spacial score (nSPS) is 10.8. The zero-order chi connectivity index (χ0) is 17.9. The number of carbonyl (C=O) groups is 1. The van der Waals surface area contributed by atoms with Gasteiger partial charge in [0.05, 0.1) is 11.4 Å². The standard InChI is InChI=1S/C22H18N2O2/c1-16(25)17-10-12-19(13-11-17)26-15-20-22(18-7-3-2-4-8-18)23-21-9-5-6-14-24(20)21/h2-14H,15H2,1H3. The van der Waals surface area contributed by atoms with E-state index in [1.54, 1.807) is 19.1 Å². The lowest BCUT2D eigenvalue weighted by Crippen LogP contribution is -2.01. The number of hydrogen-bond acceptors (Lipinski definition) is 3. The van der Waals surface area contributed by atoms with Crippen LogP contribution in [0.2, 0.25) is 0 Å². The monoisotopic (exact) mass is 342 g/mol. The Morgan fingerprint density at radius 3 is 2.42 bits per heavy atom. The van der Waals surface area contributed by atoms with Crippen LogP contribution in [0, 0.1) is 0 Å². The van der Waals surface area contributed by atoms with E-state index in [1.807, 2.05) is 71.3 Å². The molecule has 2 aromatic heterocycles. The van der Waals surface area contributed by atoms with E-state index in [9.17, 15) is 4.79 Å². The van der Waals surface area contributed by atoms with Gasteiger partial charge < -0.3 is 4.74 Å². The maximum Gasteiger partial charge on any atom is 0.159 e. The van der Waals surface area contributed by atoms with Crippen molar-refractivity contribution in [1.82, 2.24) is 9.38 Å². The average Bonchev–Trinajstić information content (AvgIpc) is 3.06. The van der Waals surface area contributed by atoms with E-state index >= 15 is 0 Å². The third kappa shape index (κ3) is 3.09. The molecule has 0 aliphatic heterocycles. The van der Waals surface area contributed by atoms with E-state index in [2.05, 4.69) is 0 Å². The molecule has 0 N–H and O–H groups in total. The predicted molar refractivity (Wildman–Crippen MR) is 101 cm³/mol. The number of pyridine rings is 1. The van der Waals surface area contributed by atoms with Gasteiger partial charge in [-0.05, 0) is 43.3 Å². The van der Waals surface area contributed by atoms with Crippen molar-refractivity contribution in [3.8, 4) is 17.0 Å². The van der Waals surface area contributed by atoms with E-state index in [1.165, 1.54) is 0 Å². The number of Topliss-reactive ketones (excluding diaryl/α,β-unsaturated/α-hetero) is 1. The first-order chi connectivity index (χ1) is 12.7. The Balaban J connectivity index is 1.68. The Labute approximate surface area is 151 Å². The Bertz CT molecular complexity index is 1050. The van der Waals surface area contributed by atoms with Crippen LogP contribution in [0.1, 0.15) is 23.0 Å². The molecule has 0 fully saturated rings. The summed E-state index contributed by atoms with van der Waals surface area (Å²) >= 11 is 0. The Morgan fingerprint density at radius 1 is 0.962 bits per heavy atom. The fourth-order valence-electron chi connectivity index (χ4n) is 2.95. The first-order valence-electron chi connectivity index (χ1n) is 8.47. The number of carbonyl (C=O) groups excluding carboxylic acids is 1. The molecule has 4 heteroatoms. The summed E-state index contributed by atoms with van der Waals surface area (Å²) in [7, 11) is 0. The van der Waals surface area contributed by atoms with Crippen LogP contribution in [0.4, 0.5) is 0 Å². The van der Waals surface area contributed by atoms with Gasteiger partial charge in [0, 0.05) is 17.3 Å². The van der Waals surface area contributed by atoms with E-state index in [4.69, 9.17) is 9.72 Å². The Morgan fingerprint density at radius 2 is 1.69 bits per heavy atom. The summed E-state index contributed by atoms with van der Waals surface area (Å²) in [5.74, 6) is 0.768. The van der Waals surface area contributed by atoms with Gasteiger partial charge in [-0.15, -0.1) is 0 Å². The summed E-state index contributed by atoms with van der Waals surface area (Å²) in [6, 6.07) is 23.2. The lowest BCUT2D eigenvalue weighted by molar-refractivity contribution is 0.101. The molecule has 0 aliphatic carbocycles. The molecule has 0 bridgehead atoms. The quantitative estimate of drug-likeness (QED) is 0.490. The van der Waals surface area contributed by atoms with Crippen molar-refractivity contribution in [2.75, 3.05) is 0 Å². The fourth-order valence-corrected chi connectivity index (χ4v) is 2.95. The molecule has 2 aromatic carbocycles. The number of ether oxygens (including phenoxy) is 1. The molecule has 0 amide bonds. The molecular weight excluding hydrogens is 324 g/mol. The highest BCUT2D eigenvalue weighted by Gasteiger charge is 2.14. The van der Waals surface area contributed by atoms with Crippen molar-refractivity contribution < 1.29 is 9.53 Å². The van der Waals surface area contributed by atoms with Crippen LogP contribution < -0.4 is 4.74 Å². The number of fused-ring (bicyclic) bond motifs is 1. The van der Waals surface area contributed by atoms with Gasteiger partial charge >= 0.3 is 0 Å². The maximum atomic E-state index is 11.4. The smallest absolute Gasteiger partial charge is 0.159 e. The van der Waals surface area contributed by atoms with Crippen LogP contribution in [-0.2, 0) is 6.61 Å². The number of imidazole rings is 1. The summed E-state index contributed by atoms with van der Waals surface area (Å²) < 4.78 is 8.03. The van der Waals surface area contributed by atoms with Gasteiger partial charge in [0.25, 0.3) is 0 Å². The molecule has 0 aliphatic rings. The van der Waals surface area contributed by atoms with Crippen LogP contribution in [0.25, 0.3) is 16.9 Å². The van der Waals surface area contributed by atoms with Crippen LogP contribution in [-0.4, -0.2) is 15.2 Å². The number of benzene rings is 2. The maximum absolute atomic E-state index is 11.4. The predicted octanol–water partition coefficient (Wildman–Crippen LogP) is 4.78. The first-order valence-corrected chi connectivity index (χ1v) is 8.47. The molecule has 4 rings (SSSR count). The van der Waals surface area contributed by atoms with E-state index in [0.717, 1.165) is 28.3 Å². The fraction of sp³-hybridized carbons (Fsp3) is 0.0909. The lowest BCUT2D eigenvalue weighted by Gasteiger charge is -2.09. The number of hydrogen-bond donors (Lipinski definition) is 0. The van der Waals surface area contributed by atoms with Gasteiger partial charge in [-0.3, -0.25) is 9.20 Å². The van der Waals surface area contributed by atoms with E-state index in [0.29, 0.717) is 12.2 Å². The highest BCUT2D eigenvalue weighted by molar-refractivity contribution is 5.94. The Kier molecular flexibility index (Phi) is 4.23. The second-order valence-electron chi connectivity index (χ2n) is 6.07. The van der Waals surface area contributed by atoms with Crippen molar-refractivity contribution >= 4 is 11.4 Å². The summed E-state index contributed by atoms with van der Waals surface area (Å²) in [5.41, 5.74) is 4.52. The molecule has 4 aromatic rings. The molecule has 0 radical (unpaired) electrons. The molecule has 128 valence electrons. The topological polar surface area (TPSA) is 43.6 Å². The molecule has 0 saturated carbocycles. The minimum Gasteiger partial charge on any atom is -0.487 e. The summed E-state index contributed by atoms with van der Waals surface area (Å²) in [6.07, 6.45) is 1.99. The summed E-state index contributed by atoms with van der Waals surface area (Å²) in [6.45, 7) is 1.94. The number of aromatic nitrogens is 2. The van der Waals surface area contributed by atoms with Gasteiger partial charge in [0.2, 0.25) is 0 Å². The zero-order valence-electron chi connectivity index (χ0n) is 14.4. The Hall–Kier alpha value is -3.40. The molecule has 0 spiro atoms. The second-order valence-corrected chi connectivity index (χ2v) is 6.07. The van der Waals surface area contributed by atoms with Crippen molar-refractivity contribution in [3.63, 3.8) is 0 Å². The van der Waals surface area contributed by atoms with Crippen LogP contribution in [0.3, 0.4) is 0 Å². The summed E-state index contributed by atoms with van der Waals surface area (Å²) in [5, 5.41) is 0. The van der Waals surface area contributed by atoms with Gasteiger partial charge in [0.15, 0.2) is 5.78 Å². The minimum absolute atomic E-state index is 0.0460. The molecule has 26 heavy (non-hydrogen) atoms. The largest absolute Gasteiger partial charge is 0.487 e. The number of nitrogens with zero attached hydrogens (tertiary/aromatic N) is 2. The van der Waals surface area contributed by atoms with Gasteiger partial charge in [-0.1, -0.05) is 36.4 Å². The van der Waals surface area contributed by atoms with Crippen molar-refractivity contribution in [2.24, 2.45) is 0 Å². The minimum atomic E-state index is 0.0460. The lowest BCUT2D eigenvalue weighted by atomic mass is 10.1. The summed E-state index contributed by atoms with van der Waals surface area (Å²) in [4.78, 5) is 16.2. The van der Waals surface area contributed by atoms with Gasteiger partial charge in [-0.25, -0.2) is 4.98 Å². The SMILES string of the molecule is CC(=O)c1ccc(OCc2c(-c3ccccc3)nc3ccccn23)cc1. The number of rotatable bonds is 5. The third-order valence-corrected chi connectivity index (χ3v) is 4.31. The van der Waals surface area contributed by atoms with E-state index < -0.39 is 0 Å². The van der Waals surface area contributed by atoms with Crippen molar-refractivity contribution in [2.45, 2.75) is 13.5 Å². The molecule has 0 unspecified atom stereocenters. The highest BCUT2D eigenvalue weighted by atomic mass is 16.5. The van der Waals surface area contributed by atoms with Gasteiger partial charge in [0.1, 0.15) is 18.0 Å². The third-order valence-electron chi connectivity index (χ3n) is 4.31. The van der Waals surface area contributed by atoms with Crippen LogP contribution >= 0.6 is 0 Å². The van der Waals surface area contributed by atoms with Crippen LogP contribution in [0.15, 0.2) is 79.0 Å². The molecular formula is C22H18N2O2. The van der Waals surface area contributed by atoms with Crippen molar-refractivity contribution in [3.05, 3.63) is 90.3 Å². The number of ketones is 1. The molecule has 0 saturated heterocycles. The zero-order valence-corrected chi connectivity index (χ0v) is 14.4. The molecule has 0 atom stereocenters. The molecule has 2 heterocycles. The second kappa shape index (κ2) is 6.84. The average molecular weight is 342 g/mol. The van der Waals surface area contributed by atoms with Crippen LogP contribution in [0.5, 0.6) is 5.75 Å².